The fourth-order valence-electron chi connectivity index (χ4n) is 2.22. The maximum absolute atomic E-state index is 12.1. The molecule has 2 aromatic carbocycles. The van der Waals surface area contributed by atoms with Crippen LogP contribution in [0.4, 0.5) is 0 Å². The van der Waals surface area contributed by atoms with Gasteiger partial charge in [0.2, 0.25) is 5.91 Å². The molecule has 0 saturated carbocycles. The number of hydrogen-bond donors (Lipinski definition) is 1. The molecule has 1 amide bonds. The maximum Gasteiger partial charge on any atom is 0.244 e. The van der Waals surface area contributed by atoms with Crippen molar-refractivity contribution >= 4 is 11.5 Å². The Morgan fingerprint density at radius 3 is 2.39 bits per heavy atom. The van der Waals surface area contributed by atoms with Crippen molar-refractivity contribution in [3.63, 3.8) is 0 Å². The van der Waals surface area contributed by atoms with Crippen molar-refractivity contribution in [3.05, 3.63) is 65.7 Å². The number of allylic oxidation sites excluding steroid dienone is 1. The largest absolute Gasteiger partial charge is 0.497 e. The number of carbonyl (C=O) groups excluding carboxylic acids is 1. The first kappa shape index (κ1) is 16.6. The summed E-state index contributed by atoms with van der Waals surface area (Å²) in [5, 5.41) is 2.88. The molecule has 2 rings (SSSR count). The highest BCUT2D eigenvalue weighted by Gasteiger charge is 2.04. The summed E-state index contributed by atoms with van der Waals surface area (Å²) < 4.78 is 10.4. The Hall–Kier alpha value is -2.75. The molecule has 0 fully saturated rings. The minimum absolute atomic E-state index is 0.135. The molecule has 1 N–H and O–H groups in total. The number of hydrogen-bond acceptors (Lipinski definition) is 3. The zero-order valence-electron chi connectivity index (χ0n) is 13.6. The number of nitrogens with one attached hydrogen (secondary N) is 1. The number of rotatable bonds is 6. The molecule has 0 spiro atoms. The minimum atomic E-state index is -0.135. The van der Waals surface area contributed by atoms with Gasteiger partial charge in [-0.25, -0.2) is 0 Å². The second-order valence-electron chi connectivity index (χ2n) is 5.09. The normalized spacial score (nSPS) is 11.0. The Balaban J connectivity index is 1.99. The molecule has 4 heteroatoms. The number of para-hydroxylation sites is 1. The second-order valence-corrected chi connectivity index (χ2v) is 5.09. The van der Waals surface area contributed by atoms with Crippen LogP contribution in [0.15, 0.2) is 54.6 Å². The number of carbonyl (C=O) groups is 1. The van der Waals surface area contributed by atoms with Gasteiger partial charge in [0, 0.05) is 18.2 Å². The van der Waals surface area contributed by atoms with E-state index in [0.29, 0.717) is 6.54 Å². The van der Waals surface area contributed by atoms with Crippen LogP contribution in [0.1, 0.15) is 18.1 Å². The van der Waals surface area contributed by atoms with Crippen molar-refractivity contribution in [1.29, 1.82) is 0 Å². The highest BCUT2D eigenvalue weighted by atomic mass is 16.5. The van der Waals surface area contributed by atoms with Crippen molar-refractivity contribution in [2.24, 2.45) is 0 Å². The molecule has 0 aromatic heterocycles. The average Bonchev–Trinajstić information content (AvgIpc) is 2.60. The summed E-state index contributed by atoms with van der Waals surface area (Å²) in [7, 11) is 3.25. The van der Waals surface area contributed by atoms with E-state index >= 15 is 0 Å². The first-order valence-electron chi connectivity index (χ1n) is 7.36. The van der Waals surface area contributed by atoms with Crippen LogP contribution >= 0.6 is 0 Å². The van der Waals surface area contributed by atoms with Gasteiger partial charge in [0.1, 0.15) is 11.5 Å². The molecule has 4 nitrogen and oxygen atoms in total. The number of benzene rings is 2. The molecular weight excluding hydrogens is 290 g/mol. The van der Waals surface area contributed by atoms with Gasteiger partial charge >= 0.3 is 0 Å². The van der Waals surface area contributed by atoms with Crippen LogP contribution in [0.2, 0.25) is 0 Å². The molecule has 0 atom stereocenters. The number of ether oxygens (including phenoxy) is 2. The Morgan fingerprint density at radius 2 is 1.74 bits per heavy atom. The smallest absolute Gasteiger partial charge is 0.244 e. The summed E-state index contributed by atoms with van der Waals surface area (Å²) in [5.74, 6) is 1.43. The standard InChI is InChI=1S/C19H21NO3/c1-14(15-8-10-17(22-2)11-9-15)12-19(21)20-13-16-6-4-5-7-18(16)23-3/h4-12H,13H2,1-3H3,(H,20,21)/b14-12+. The van der Waals surface area contributed by atoms with Crippen LogP contribution in [0.25, 0.3) is 5.57 Å². The van der Waals surface area contributed by atoms with Gasteiger partial charge in [-0.15, -0.1) is 0 Å². The zero-order valence-corrected chi connectivity index (χ0v) is 13.6. The van der Waals surface area contributed by atoms with Crippen molar-refractivity contribution in [2.45, 2.75) is 13.5 Å². The molecular formula is C19H21NO3. The third-order valence-corrected chi connectivity index (χ3v) is 3.54. The molecule has 0 unspecified atom stereocenters. The van der Waals surface area contributed by atoms with Gasteiger partial charge in [0.15, 0.2) is 0 Å². The topological polar surface area (TPSA) is 47.6 Å². The molecule has 0 aliphatic carbocycles. The van der Waals surface area contributed by atoms with Gasteiger partial charge in [-0.3, -0.25) is 4.79 Å². The second kappa shape index (κ2) is 8.03. The summed E-state index contributed by atoms with van der Waals surface area (Å²) in [6.07, 6.45) is 1.59. The highest BCUT2D eigenvalue weighted by molar-refractivity contribution is 5.94. The average molecular weight is 311 g/mol. The molecule has 0 saturated heterocycles. The van der Waals surface area contributed by atoms with E-state index in [-0.39, 0.29) is 5.91 Å². The third kappa shape index (κ3) is 4.61. The van der Waals surface area contributed by atoms with E-state index < -0.39 is 0 Å². The highest BCUT2D eigenvalue weighted by Crippen LogP contribution is 2.19. The molecule has 0 radical (unpaired) electrons. The van der Waals surface area contributed by atoms with Gasteiger partial charge in [0.05, 0.1) is 14.2 Å². The van der Waals surface area contributed by atoms with Gasteiger partial charge < -0.3 is 14.8 Å². The first-order chi connectivity index (χ1) is 11.1. The van der Waals surface area contributed by atoms with Crippen LogP contribution < -0.4 is 14.8 Å². The minimum Gasteiger partial charge on any atom is -0.497 e. The first-order valence-corrected chi connectivity index (χ1v) is 7.36. The summed E-state index contributed by atoms with van der Waals surface area (Å²) in [4.78, 5) is 12.1. The summed E-state index contributed by atoms with van der Waals surface area (Å²) >= 11 is 0. The summed E-state index contributed by atoms with van der Waals surface area (Å²) in [5.41, 5.74) is 2.82. The predicted octanol–water partition coefficient (Wildman–Crippen LogP) is 3.42. The van der Waals surface area contributed by atoms with Crippen molar-refractivity contribution in [2.75, 3.05) is 14.2 Å². The quantitative estimate of drug-likeness (QED) is 0.832. The molecule has 120 valence electrons. The van der Waals surface area contributed by atoms with Crippen LogP contribution in [-0.2, 0) is 11.3 Å². The molecule has 23 heavy (non-hydrogen) atoms. The Labute approximate surface area is 136 Å². The lowest BCUT2D eigenvalue weighted by Crippen LogP contribution is -2.21. The van der Waals surface area contributed by atoms with E-state index in [1.165, 1.54) is 0 Å². The van der Waals surface area contributed by atoms with E-state index in [0.717, 1.165) is 28.2 Å². The van der Waals surface area contributed by atoms with Gasteiger partial charge in [-0.2, -0.15) is 0 Å². The third-order valence-electron chi connectivity index (χ3n) is 3.54. The summed E-state index contributed by atoms with van der Waals surface area (Å²) in [6, 6.07) is 15.2. The van der Waals surface area contributed by atoms with Crippen LogP contribution in [0.3, 0.4) is 0 Å². The van der Waals surface area contributed by atoms with Crippen molar-refractivity contribution in [1.82, 2.24) is 5.32 Å². The summed E-state index contributed by atoms with van der Waals surface area (Å²) in [6.45, 7) is 2.33. The SMILES string of the molecule is COc1ccc(/C(C)=C/C(=O)NCc2ccccc2OC)cc1. The lowest BCUT2D eigenvalue weighted by molar-refractivity contribution is -0.116. The molecule has 0 bridgehead atoms. The van der Waals surface area contributed by atoms with E-state index in [4.69, 9.17) is 9.47 Å². The molecule has 0 aliphatic rings. The molecule has 0 heterocycles. The van der Waals surface area contributed by atoms with Gasteiger partial charge in [-0.05, 0) is 36.3 Å². The Bertz CT molecular complexity index is 690. The zero-order chi connectivity index (χ0) is 16.7. The number of amides is 1. The number of methoxy groups -OCH3 is 2. The van der Waals surface area contributed by atoms with Crippen molar-refractivity contribution < 1.29 is 14.3 Å². The van der Waals surface area contributed by atoms with Crippen LogP contribution in [0, 0.1) is 0 Å². The van der Waals surface area contributed by atoms with E-state index in [1.54, 1.807) is 20.3 Å². The van der Waals surface area contributed by atoms with Gasteiger partial charge in [-0.1, -0.05) is 30.3 Å². The van der Waals surface area contributed by atoms with Crippen molar-refractivity contribution in [3.8, 4) is 11.5 Å². The predicted molar refractivity (Wildman–Crippen MR) is 91.5 cm³/mol. The lowest BCUT2D eigenvalue weighted by Gasteiger charge is -2.09. The van der Waals surface area contributed by atoms with E-state index in [9.17, 15) is 4.79 Å². The Kier molecular flexibility index (Phi) is 5.80. The molecule has 2 aromatic rings. The fourth-order valence-corrected chi connectivity index (χ4v) is 2.22. The Morgan fingerprint density at radius 1 is 1.04 bits per heavy atom. The lowest BCUT2D eigenvalue weighted by atomic mass is 10.1. The molecule has 0 aliphatic heterocycles. The van der Waals surface area contributed by atoms with Gasteiger partial charge in [0.25, 0.3) is 0 Å². The van der Waals surface area contributed by atoms with E-state index in [2.05, 4.69) is 5.32 Å². The van der Waals surface area contributed by atoms with E-state index in [1.807, 2.05) is 55.5 Å². The maximum atomic E-state index is 12.1. The van der Waals surface area contributed by atoms with Crippen LogP contribution in [0.5, 0.6) is 11.5 Å². The van der Waals surface area contributed by atoms with Crippen LogP contribution in [-0.4, -0.2) is 20.1 Å². The monoisotopic (exact) mass is 311 g/mol. The fraction of sp³-hybridized carbons (Fsp3) is 0.211.